The van der Waals surface area contributed by atoms with Crippen LogP contribution in [0, 0.1) is 0 Å². The Kier molecular flexibility index (Phi) is 5.59. The van der Waals surface area contributed by atoms with Crippen LogP contribution in [0.1, 0.15) is 26.3 Å². The van der Waals surface area contributed by atoms with Crippen LogP contribution in [-0.2, 0) is 0 Å². The number of ether oxygens (including phenoxy) is 1. The molecule has 0 N–H and O–H groups in total. The Hall–Kier alpha value is -4.03. The maximum atomic E-state index is 13.6. The number of para-hydroxylation sites is 1. The summed E-state index contributed by atoms with van der Waals surface area (Å²) in [5, 5.41) is 3.23. The third-order valence-electron chi connectivity index (χ3n) is 6.19. The van der Waals surface area contributed by atoms with E-state index in [9.17, 15) is 9.59 Å². The van der Waals surface area contributed by atoms with Gasteiger partial charge in [0, 0.05) is 41.2 Å². The standard InChI is InChI=1S/C28H25N3O3/c1-30(2)14-15-31-27(32)21-11-6-9-18-16-22-20(26(25(18)21)28(31)33)10-7-12-23(22)29-17-19-8-4-5-13-24(19)34-3/h4-13,16-17H,14-15H2,1-3H3. The maximum Gasteiger partial charge on any atom is 0.262 e. The van der Waals surface area contributed by atoms with Crippen molar-refractivity contribution in [3.63, 3.8) is 0 Å². The molecule has 34 heavy (non-hydrogen) atoms. The highest BCUT2D eigenvalue weighted by Crippen LogP contribution is 2.39. The lowest BCUT2D eigenvalue weighted by Crippen LogP contribution is -2.43. The normalized spacial score (nSPS) is 13.6. The average Bonchev–Trinajstić information content (AvgIpc) is 2.84. The SMILES string of the molecule is COc1ccccc1C=Nc1cccc2c3c4c(cccc4cc12)C(=O)N(CCN(C)C)C3=O. The minimum atomic E-state index is -0.257. The van der Waals surface area contributed by atoms with E-state index in [0.29, 0.717) is 24.2 Å². The predicted octanol–water partition coefficient (Wildman–Crippen LogP) is 4.91. The molecule has 4 aromatic rings. The number of hydrogen-bond donors (Lipinski definition) is 0. The van der Waals surface area contributed by atoms with E-state index in [4.69, 9.17) is 9.73 Å². The molecular weight excluding hydrogens is 426 g/mol. The fraction of sp³-hybridized carbons (Fsp3) is 0.179. The number of likely N-dealkylation sites (N-methyl/N-ethyl adjacent to an activating group) is 1. The van der Waals surface area contributed by atoms with E-state index in [-0.39, 0.29) is 11.8 Å². The Morgan fingerprint density at radius 3 is 2.53 bits per heavy atom. The molecule has 0 spiro atoms. The lowest BCUT2D eigenvalue weighted by molar-refractivity contribution is 0.0602. The first-order chi connectivity index (χ1) is 16.5. The van der Waals surface area contributed by atoms with Crippen molar-refractivity contribution < 1.29 is 14.3 Å². The largest absolute Gasteiger partial charge is 0.496 e. The average molecular weight is 452 g/mol. The molecule has 0 atom stereocenters. The number of carbonyl (C=O) groups is 2. The molecule has 0 aromatic heterocycles. The molecule has 2 amide bonds. The summed E-state index contributed by atoms with van der Waals surface area (Å²) < 4.78 is 5.44. The highest BCUT2D eigenvalue weighted by Gasteiger charge is 2.34. The highest BCUT2D eigenvalue weighted by atomic mass is 16.5. The summed E-state index contributed by atoms with van der Waals surface area (Å²) >= 11 is 0. The summed E-state index contributed by atoms with van der Waals surface area (Å²) in [5.41, 5.74) is 2.74. The van der Waals surface area contributed by atoms with Gasteiger partial charge < -0.3 is 9.64 Å². The van der Waals surface area contributed by atoms with E-state index in [0.717, 1.165) is 38.5 Å². The van der Waals surface area contributed by atoms with Crippen LogP contribution in [0.5, 0.6) is 5.75 Å². The first-order valence-corrected chi connectivity index (χ1v) is 11.2. The van der Waals surface area contributed by atoms with Crippen molar-refractivity contribution >= 4 is 45.3 Å². The monoisotopic (exact) mass is 451 g/mol. The number of rotatable bonds is 6. The summed E-state index contributed by atoms with van der Waals surface area (Å²) in [6.07, 6.45) is 1.77. The van der Waals surface area contributed by atoms with Gasteiger partial charge in [0.25, 0.3) is 11.8 Å². The minimum absolute atomic E-state index is 0.241. The Balaban J connectivity index is 1.70. The molecule has 0 unspecified atom stereocenters. The summed E-state index contributed by atoms with van der Waals surface area (Å²) in [6, 6.07) is 21.1. The first kappa shape index (κ1) is 21.8. The second kappa shape index (κ2) is 8.72. The molecule has 0 fully saturated rings. The van der Waals surface area contributed by atoms with Crippen LogP contribution in [0.3, 0.4) is 0 Å². The number of nitrogens with zero attached hydrogens (tertiary/aromatic N) is 3. The molecule has 1 heterocycles. The molecule has 5 rings (SSSR count). The molecule has 6 nitrogen and oxygen atoms in total. The van der Waals surface area contributed by atoms with Gasteiger partial charge in [0.2, 0.25) is 0 Å². The second-order valence-electron chi connectivity index (χ2n) is 8.59. The summed E-state index contributed by atoms with van der Waals surface area (Å²) in [4.78, 5) is 34.9. The Labute approximate surface area is 198 Å². The number of carbonyl (C=O) groups excluding carboxylic acids is 2. The van der Waals surface area contributed by atoms with Gasteiger partial charge in [0.15, 0.2) is 0 Å². The smallest absolute Gasteiger partial charge is 0.262 e. The Morgan fingerprint density at radius 2 is 1.74 bits per heavy atom. The van der Waals surface area contributed by atoms with Gasteiger partial charge in [-0.15, -0.1) is 0 Å². The van der Waals surface area contributed by atoms with Gasteiger partial charge in [-0.25, -0.2) is 0 Å². The molecule has 0 radical (unpaired) electrons. The van der Waals surface area contributed by atoms with E-state index in [1.165, 1.54) is 4.90 Å². The summed E-state index contributed by atoms with van der Waals surface area (Å²) in [6.45, 7) is 0.935. The second-order valence-corrected chi connectivity index (χ2v) is 8.59. The zero-order chi connectivity index (χ0) is 23.8. The van der Waals surface area contributed by atoms with Crippen LogP contribution in [0.4, 0.5) is 5.69 Å². The molecule has 0 aliphatic carbocycles. The van der Waals surface area contributed by atoms with E-state index in [1.54, 1.807) is 19.4 Å². The van der Waals surface area contributed by atoms with Crippen molar-refractivity contribution in [3.05, 3.63) is 83.4 Å². The van der Waals surface area contributed by atoms with Crippen LogP contribution in [0.25, 0.3) is 21.5 Å². The topological polar surface area (TPSA) is 62.2 Å². The van der Waals surface area contributed by atoms with Crippen molar-refractivity contribution in [3.8, 4) is 5.75 Å². The first-order valence-electron chi connectivity index (χ1n) is 11.2. The molecule has 1 aliphatic heterocycles. The van der Waals surface area contributed by atoms with Gasteiger partial charge in [-0.3, -0.25) is 19.5 Å². The molecule has 4 aromatic carbocycles. The third kappa shape index (κ3) is 3.62. The number of methoxy groups -OCH3 is 1. The number of benzene rings is 4. The van der Waals surface area contributed by atoms with Gasteiger partial charge in [-0.2, -0.15) is 0 Å². The number of imide groups is 1. The molecule has 0 saturated carbocycles. The molecular formula is C28H25N3O3. The predicted molar refractivity (Wildman–Crippen MR) is 136 cm³/mol. The van der Waals surface area contributed by atoms with E-state index >= 15 is 0 Å². The summed E-state index contributed by atoms with van der Waals surface area (Å²) in [5.74, 6) is 0.239. The van der Waals surface area contributed by atoms with Crippen molar-refractivity contribution in [2.75, 3.05) is 34.3 Å². The zero-order valence-electron chi connectivity index (χ0n) is 19.4. The van der Waals surface area contributed by atoms with Crippen LogP contribution in [-0.4, -0.2) is 62.1 Å². The molecule has 0 bridgehead atoms. The zero-order valence-corrected chi connectivity index (χ0v) is 19.4. The van der Waals surface area contributed by atoms with E-state index in [1.807, 2.05) is 79.7 Å². The number of hydrogen-bond acceptors (Lipinski definition) is 5. The van der Waals surface area contributed by atoms with Crippen molar-refractivity contribution in [1.29, 1.82) is 0 Å². The number of aliphatic imine (C=N–C) groups is 1. The number of amides is 2. The van der Waals surface area contributed by atoms with Crippen LogP contribution in [0.15, 0.2) is 71.7 Å². The summed E-state index contributed by atoms with van der Waals surface area (Å²) in [7, 11) is 5.48. The lowest BCUT2D eigenvalue weighted by atomic mass is 9.89. The van der Waals surface area contributed by atoms with Gasteiger partial charge in [0.05, 0.1) is 18.4 Å². The van der Waals surface area contributed by atoms with Gasteiger partial charge in [-0.1, -0.05) is 36.4 Å². The van der Waals surface area contributed by atoms with E-state index in [2.05, 4.69) is 0 Å². The van der Waals surface area contributed by atoms with Crippen molar-refractivity contribution in [2.45, 2.75) is 0 Å². The third-order valence-corrected chi connectivity index (χ3v) is 6.19. The molecule has 170 valence electrons. The van der Waals surface area contributed by atoms with Gasteiger partial charge in [-0.05, 0) is 55.2 Å². The molecule has 6 heteroatoms. The molecule has 0 saturated heterocycles. The fourth-order valence-corrected chi connectivity index (χ4v) is 4.48. The lowest BCUT2D eigenvalue weighted by Gasteiger charge is -2.29. The van der Waals surface area contributed by atoms with Crippen molar-refractivity contribution in [1.82, 2.24) is 9.80 Å². The van der Waals surface area contributed by atoms with Gasteiger partial charge in [0.1, 0.15) is 5.75 Å². The molecule has 1 aliphatic rings. The number of fused-ring (bicyclic) bond motifs is 2. The quantitative estimate of drug-likeness (QED) is 0.237. The van der Waals surface area contributed by atoms with Crippen LogP contribution < -0.4 is 4.74 Å². The Morgan fingerprint density at radius 1 is 0.941 bits per heavy atom. The highest BCUT2D eigenvalue weighted by molar-refractivity contribution is 6.31. The maximum absolute atomic E-state index is 13.6. The minimum Gasteiger partial charge on any atom is -0.496 e. The van der Waals surface area contributed by atoms with E-state index < -0.39 is 0 Å². The van der Waals surface area contributed by atoms with Gasteiger partial charge >= 0.3 is 0 Å². The van der Waals surface area contributed by atoms with Crippen molar-refractivity contribution in [2.24, 2.45) is 4.99 Å². The van der Waals surface area contributed by atoms with Crippen LogP contribution in [0.2, 0.25) is 0 Å². The Bertz CT molecular complexity index is 1470. The van der Waals surface area contributed by atoms with Crippen LogP contribution >= 0.6 is 0 Å². The fourth-order valence-electron chi connectivity index (χ4n) is 4.48.